The first-order valence-electron chi connectivity index (χ1n) is 6.70. The van der Waals surface area contributed by atoms with Gasteiger partial charge >= 0.3 is 0 Å². The van der Waals surface area contributed by atoms with Crippen LogP contribution >= 0.6 is 0 Å². The fourth-order valence-electron chi connectivity index (χ4n) is 2.75. The van der Waals surface area contributed by atoms with Gasteiger partial charge in [0.25, 0.3) is 0 Å². The summed E-state index contributed by atoms with van der Waals surface area (Å²) in [5.74, 6) is 1.10. The summed E-state index contributed by atoms with van der Waals surface area (Å²) in [6.45, 7) is 2.84. The Kier molecular flexibility index (Phi) is 3.36. The molecule has 0 amide bonds. The molecule has 4 heteroatoms. The van der Waals surface area contributed by atoms with Gasteiger partial charge in [-0.1, -0.05) is 24.3 Å². The van der Waals surface area contributed by atoms with E-state index in [2.05, 4.69) is 51.1 Å². The minimum absolute atomic E-state index is 0.418. The molecular formula is C15H20N4. The van der Waals surface area contributed by atoms with Gasteiger partial charge in [-0.05, 0) is 18.2 Å². The molecule has 0 bridgehead atoms. The molecule has 2 heterocycles. The molecule has 4 nitrogen and oxygen atoms in total. The predicted molar refractivity (Wildman–Crippen MR) is 75.6 cm³/mol. The molecule has 3 rings (SSSR count). The maximum Gasteiger partial charge on any atom is 0.122 e. The number of hydrogen-bond donors (Lipinski definition) is 1. The lowest BCUT2D eigenvalue weighted by Crippen LogP contribution is -2.37. The Bertz CT molecular complexity index is 561. The molecule has 1 aromatic carbocycles. The SMILES string of the molecule is CN(Cc1nccn1C)C1CNCc2ccccc21. The minimum Gasteiger partial charge on any atom is -0.337 e. The lowest BCUT2D eigenvalue weighted by molar-refractivity contribution is 0.213. The van der Waals surface area contributed by atoms with Crippen LogP contribution in [0.25, 0.3) is 0 Å². The van der Waals surface area contributed by atoms with Crippen LogP contribution in [0.5, 0.6) is 0 Å². The van der Waals surface area contributed by atoms with Gasteiger partial charge < -0.3 is 9.88 Å². The lowest BCUT2D eigenvalue weighted by Gasteiger charge is -2.33. The number of aryl methyl sites for hydroxylation is 1. The van der Waals surface area contributed by atoms with Crippen molar-refractivity contribution in [3.63, 3.8) is 0 Å². The predicted octanol–water partition coefficient (Wildman–Crippen LogP) is 1.70. The maximum atomic E-state index is 4.41. The van der Waals surface area contributed by atoms with E-state index in [1.54, 1.807) is 0 Å². The zero-order valence-electron chi connectivity index (χ0n) is 11.5. The van der Waals surface area contributed by atoms with E-state index in [-0.39, 0.29) is 0 Å². The first kappa shape index (κ1) is 12.4. The summed E-state index contributed by atoms with van der Waals surface area (Å²) in [5.41, 5.74) is 2.85. The summed E-state index contributed by atoms with van der Waals surface area (Å²) in [4.78, 5) is 6.78. The molecule has 19 heavy (non-hydrogen) atoms. The molecule has 0 saturated carbocycles. The van der Waals surface area contributed by atoms with Gasteiger partial charge in [0.2, 0.25) is 0 Å². The van der Waals surface area contributed by atoms with E-state index in [0.29, 0.717) is 6.04 Å². The average Bonchev–Trinajstić information content (AvgIpc) is 2.83. The van der Waals surface area contributed by atoms with Crippen LogP contribution in [-0.4, -0.2) is 28.0 Å². The Hall–Kier alpha value is -1.65. The Labute approximate surface area is 114 Å². The highest BCUT2D eigenvalue weighted by Gasteiger charge is 2.23. The number of likely N-dealkylation sites (N-methyl/N-ethyl adjacent to an activating group) is 1. The number of aromatic nitrogens is 2. The van der Waals surface area contributed by atoms with E-state index in [1.807, 2.05) is 19.4 Å². The van der Waals surface area contributed by atoms with E-state index < -0.39 is 0 Å². The summed E-state index contributed by atoms with van der Waals surface area (Å²) in [5, 5.41) is 3.50. The summed E-state index contributed by atoms with van der Waals surface area (Å²) in [6, 6.07) is 9.12. The highest BCUT2D eigenvalue weighted by Crippen LogP contribution is 2.26. The first-order valence-corrected chi connectivity index (χ1v) is 6.70. The molecule has 100 valence electrons. The molecule has 1 atom stereocenters. The third-order valence-corrected chi connectivity index (χ3v) is 3.91. The highest BCUT2D eigenvalue weighted by atomic mass is 15.2. The summed E-state index contributed by atoms with van der Waals surface area (Å²) in [6.07, 6.45) is 3.85. The summed E-state index contributed by atoms with van der Waals surface area (Å²) < 4.78 is 2.08. The van der Waals surface area contributed by atoms with Crippen LogP contribution in [0, 0.1) is 0 Å². The maximum absolute atomic E-state index is 4.41. The van der Waals surface area contributed by atoms with Crippen molar-refractivity contribution in [3.8, 4) is 0 Å². The number of nitrogens with one attached hydrogen (secondary N) is 1. The molecule has 0 fully saturated rings. The minimum atomic E-state index is 0.418. The van der Waals surface area contributed by atoms with Crippen LogP contribution in [0.15, 0.2) is 36.7 Å². The van der Waals surface area contributed by atoms with E-state index in [0.717, 1.165) is 25.5 Å². The molecule has 1 unspecified atom stereocenters. The fraction of sp³-hybridized carbons (Fsp3) is 0.400. The average molecular weight is 256 g/mol. The number of rotatable bonds is 3. The standard InChI is InChI=1S/C15H20N4/c1-18-8-7-17-15(18)11-19(2)14-10-16-9-12-5-3-4-6-13(12)14/h3-8,14,16H,9-11H2,1-2H3. The molecule has 0 spiro atoms. The van der Waals surface area contributed by atoms with Crippen molar-refractivity contribution in [2.75, 3.05) is 13.6 Å². The third-order valence-electron chi connectivity index (χ3n) is 3.91. The van der Waals surface area contributed by atoms with Gasteiger partial charge in [-0.25, -0.2) is 4.98 Å². The summed E-state index contributed by atoms with van der Waals surface area (Å²) >= 11 is 0. The van der Waals surface area contributed by atoms with Crippen molar-refractivity contribution in [2.45, 2.75) is 19.1 Å². The molecule has 0 saturated heterocycles. The van der Waals surface area contributed by atoms with Crippen molar-refractivity contribution in [1.29, 1.82) is 0 Å². The summed E-state index contributed by atoms with van der Waals surface area (Å²) in [7, 11) is 4.21. The molecular weight excluding hydrogens is 236 g/mol. The molecule has 1 N–H and O–H groups in total. The van der Waals surface area contributed by atoms with Crippen molar-refractivity contribution >= 4 is 0 Å². The van der Waals surface area contributed by atoms with Crippen LogP contribution in [0.4, 0.5) is 0 Å². The smallest absolute Gasteiger partial charge is 0.122 e. The Morgan fingerprint density at radius 1 is 1.42 bits per heavy atom. The largest absolute Gasteiger partial charge is 0.337 e. The number of hydrogen-bond acceptors (Lipinski definition) is 3. The van der Waals surface area contributed by atoms with Crippen molar-refractivity contribution in [1.82, 2.24) is 19.8 Å². The second kappa shape index (κ2) is 5.15. The number of imidazole rings is 1. The van der Waals surface area contributed by atoms with Gasteiger partial charge in [0.1, 0.15) is 5.82 Å². The Morgan fingerprint density at radius 2 is 2.26 bits per heavy atom. The molecule has 2 aromatic rings. The molecule has 0 radical (unpaired) electrons. The van der Waals surface area contributed by atoms with Crippen LogP contribution in [-0.2, 0) is 20.1 Å². The van der Waals surface area contributed by atoms with E-state index in [9.17, 15) is 0 Å². The number of nitrogens with zero attached hydrogens (tertiary/aromatic N) is 3. The number of fused-ring (bicyclic) bond motifs is 1. The molecule has 1 aliphatic heterocycles. The molecule has 1 aromatic heterocycles. The zero-order valence-corrected chi connectivity index (χ0v) is 11.5. The van der Waals surface area contributed by atoms with Crippen LogP contribution in [0.1, 0.15) is 23.0 Å². The van der Waals surface area contributed by atoms with Crippen molar-refractivity contribution < 1.29 is 0 Å². The molecule has 0 aliphatic carbocycles. The quantitative estimate of drug-likeness (QED) is 0.907. The Morgan fingerprint density at radius 3 is 3.05 bits per heavy atom. The van der Waals surface area contributed by atoms with E-state index >= 15 is 0 Å². The first-order chi connectivity index (χ1) is 9.25. The normalized spacial score (nSPS) is 18.6. The van der Waals surface area contributed by atoms with Crippen LogP contribution in [0.3, 0.4) is 0 Å². The van der Waals surface area contributed by atoms with Gasteiger partial charge in [-0.2, -0.15) is 0 Å². The third kappa shape index (κ3) is 2.41. The topological polar surface area (TPSA) is 33.1 Å². The van der Waals surface area contributed by atoms with Gasteiger partial charge in [0.15, 0.2) is 0 Å². The fourth-order valence-corrected chi connectivity index (χ4v) is 2.75. The van der Waals surface area contributed by atoms with Crippen molar-refractivity contribution in [2.24, 2.45) is 7.05 Å². The molecule has 1 aliphatic rings. The van der Waals surface area contributed by atoms with Gasteiger partial charge in [0.05, 0.1) is 6.54 Å². The van der Waals surface area contributed by atoms with Gasteiger partial charge in [0, 0.05) is 38.6 Å². The monoisotopic (exact) mass is 256 g/mol. The van der Waals surface area contributed by atoms with Crippen LogP contribution in [0.2, 0.25) is 0 Å². The van der Waals surface area contributed by atoms with E-state index in [1.165, 1.54) is 11.1 Å². The van der Waals surface area contributed by atoms with Gasteiger partial charge in [-0.15, -0.1) is 0 Å². The number of benzene rings is 1. The second-order valence-electron chi connectivity index (χ2n) is 5.22. The second-order valence-corrected chi connectivity index (χ2v) is 5.22. The Balaban J connectivity index is 1.81. The van der Waals surface area contributed by atoms with Gasteiger partial charge in [-0.3, -0.25) is 4.90 Å². The zero-order chi connectivity index (χ0) is 13.2. The highest BCUT2D eigenvalue weighted by molar-refractivity contribution is 5.32. The van der Waals surface area contributed by atoms with Crippen LogP contribution < -0.4 is 5.32 Å². The lowest BCUT2D eigenvalue weighted by atomic mass is 9.96. The van der Waals surface area contributed by atoms with E-state index in [4.69, 9.17) is 0 Å². The van der Waals surface area contributed by atoms with Crippen molar-refractivity contribution in [3.05, 3.63) is 53.6 Å².